The zero-order valence-electron chi connectivity index (χ0n) is 15.7. The number of benzene rings is 1. The third-order valence-electron chi connectivity index (χ3n) is 4.54. The molecule has 1 fully saturated rings. The Bertz CT molecular complexity index is 771. The third-order valence-corrected chi connectivity index (χ3v) is 4.54. The van der Waals surface area contributed by atoms with E-state index in [-0.39, 0.29) is 5.91 Å². The van der Waals surface area contributed by atoms with E-state index < -0.39 is 0 Å². The molecule has 0 unspecified atom stereocenters. The first-order valence-electron chi connectivity index (χ1n) is 9.30. The third kappa shape index (κ3) is 4.93. The first-order valence-corrected chi connectivity index (χ1v) is 9.30. The van der Waals surface area contributed by atoms with Crippen molar-refractivity contribution in [2.45, 2.75) is 26.8 Å². The van der Waals surface area contributed by atoms with Gasteiger partial charge in [-0.1, -0.05) is 17.7 Å². The summed E-state index contributed by atoms with van der Waals surface area (Å²) in [6.45, 7) is 9.92. The average molecular weight is 356 g/mol. The van der Waals surface area contributed by atoms with Crippen LogP contribution in [0.5, 0.6) is 0 Å². The van der Waals surface area contributed by atoms with Gasteiger partial charge in [-0.2, -0.15) is 0 Å². The van der Waals surface area contributed by atoms with Crippen LogP contribution in [-0.2, 0) is 22.5 Å². The van der Waals surface area contributed by atoms with E-state index in [1.54, 1.807) is 6.08 Å². The highest BCUT2D eigenvalue weighted by molar-refractivity contribution is 5.88. The molecular formula is C20H28N4O2. The second-order valence-electron chi connectivity index (χ2n) is 6.89. The van der Waals surface area contributed by atoms with Crippen molar-refractivity contribution in [2.75, 3.05) is 39.4 Å². The summed E-state index contributed by atoms with van der Waals surface area (Å²) in [7, 11) is 0. The molecule has 1 aliphatic rings. The number of rotatable bonds is 7. The summed E-state index contributed by atoms with van der Waals surface area (Å²) in [6, 6.07) is 8.23. The molecular weight excluding hydrogens is 328 g/mol. The predicted molar refractivity (Wildman–Crippen MR) is 103 cm³/mol. The van der Waals surface area contributed by atoms with Crippen molar-refractivity contribution >= 4 is 16.9 Å². The molecule has 2 aromatic rings. The highest BCUT2D eigenvalue weighted by Gasteiger charge is 2.14. The summed E-state index contributed by atoms with van der Waals surface area (Å²) < 4.78 is 7.72. The molecule has 140 valence electrons. The minimum atomic E-state index is -0.0408. The molecule has 0 atom stereocenters. The number of carbonyl (C=O) groups is 1. The zero-order chi connectivity index (χ0) is 18.4. The van der Waals surface area contributed by atoms with E-state index in [1.807, 2.05) is 26.0 Å². The number of nitrogens with one attached hydrogen (secondary N) is 1. The van der Waals surface area contributed by atoms with Gasteiger partial charge in [0, 0.05) is 45.2 Å². The number of nitrogens with zero attached hydrogens (tertiary/aromatic N) is 3. The summed E-state index contributed by atoms with van der Waals surface area (Å²) in [5.41, 5.74) is 3.17. The van der Waals surface area contributed by atoms with Crippen molar-refractivity contribution in [1.82, 2.24) is 19.8 Å². The number of para-hydroxylation sites is 2. The summed E-state index contributed by atoms with van der Waals surface area (Å²) in [6.07, 6.45) is 2.35. The number of ether oxygens (including phenoxy) is 1. The van der Waals surface area contributed by atoms with Crippen molar-refractivity contribution in [2.24, 2.45) is 0 Å². The number of hydrogen-bond donors (Lipinski definition) is 1. The van der Waals surface area contributed by atoms with Gasteiger partial charge in [0.2, 0.25) is 5.91 Å². The van der Waals surface area contributed by atoms with Crippen LogP contribution in [0.2, 0.25) is 0 Å². The summed E-state index contributed by atoms with van der Waals surface area (Å²) >= 11 is 0. The van der Waals surface area contributed by atoms with Gasteiger partial charge in [0.25, 0.3) is 0 Å². The molecule has 6 nitrogen and oxygen atoms in total. The fourth-order valence-electron chi connectivity index (χ4n) is 3.24. The number of morpholine rings is 1. The largest absolute Gasteiger partial charge is 0.379 e. The maximum atomic E-state index is 11.8. The molecule has 6 heteroatoms. The van der Waals surface area contributed by atoms with Crippen LogP contribution in [0.4, 0.5) is 0 Å². The monoisotopic (exact) mass is 356 g/mol. The second kappa shape index (κ2) is 8.96. The Balaban J connectivity index is 1.67. The van der Waals surface area contributed by atoms with Gasteiger partial charge < -0.3 is 14.6 Å². The van der Waals surface area contributed by atoms with E-state index in [0.29, 0.717) is 6.54 Å². The van der Waals surface area contributed by atoms with Crippen LogP contribution in [0.1, 0.15) is 19.7 Å². The van der Waals surface area contributed by atoms with Crippen molar-refractivity contribution < 1.29 is 9.53 Å². The molecule has 0 aliphatic carbocycles. The lowest BCUT2D eigenvalue weighted by Gasteiger charge is -2.27. The van der Waals surface area contributed by atoms with Gasteiger partial charge in [-0.05, 0) is 26.0 Å². The lowest BCUT2D eigenvalue weighted by molar-refractivity contribution is -0.116. The Labute approximate surface area is 154 Å². The first-order chi connectivity index (χ1) is 12.6. The number of hydrogen-bond acceptors (Lipinski definition) is 4. The van der Waals surface area contributed by atoms with Crippen molar-refractivity contribution in [1.29, 1.82) is 0 Å². The topological polar surface area (TPSA) is 59.4 Å². The molecule has 0 radical (unpaired) electrons. The van der Waals surface area contributed by atoms with E-state index in [9.17, 15) is 4.79 Å². The van der Waals surface area contributed by atoms with Crippen LogP contribution in [0.3, 0.4) is 0 Å². The summed E-state index contributed by atoms with van der Waals surface area (Å²) in [5.74, 6) is 0.984. The Morgan fingerprint density at radius 2 is 2.00 bits per heavy atom. The van der Waals surface area contributed by atoms with Crippen molar-refractivity contribution in [3.63, 3.8) is 0 Å². The molecule has 1 N–H and O–H groups in total. The van der Waals surface area contributed by atoms with Crippen LogP contribution in [0.25, 0.3) is 11.0 Å². The number of aromatic nitrogens is 2. The fourth-order valence-corrected chi connectivity index (χ4v) is 3.24. The van der Waals surface area contributed by atoms with Gasteiger partial charge in [0.1, 0.15) is 5.82 Å². The average Bonchev–Trinajstić information content (AvgIpc) is 2.97. The molecule has 0 saturated carbocycles. The second-order valence-corrected chi connectivity index (χ2v) is 6.89. The maximum absolute atomic E-state index is 11.8. The zero-order valence-corrected chi connectivity index (χ0v) is 15.7. The number of imidazole rings is 1. The summed E-state index contributed by atoms with van der Waals surface area (Å²) in [4.78, 5) is 19.0. The van der Waals surface area contributed by atoms with E-state index >= 15 is 0 Å². The van der Waals surface area contributed by atoms with Crippen LogP contribution in [0, 0.1) is 0 Å². The lowest BCUT2D eigenvalue weighted by atomic mass is 10.3. The molecule has 1 saturated heterocycles. The van der Waals surface area contributed by atoms with E-state index in [1.165, 1.54) is 0 Å². The van der Waals surface area contributed by atoms with Crippen molar-refractivity contribution in [3.8, 4) is 0 Å². The van der Waals surface area contributed by atoms with Crippen LogP contribution in [-0.4, -0.2) is 59.8 Å². The first kappa shape index (κ1) is 18.6. The minimum Gasteiger partial charge on any atom is -0.379 e. The molecule has 0 spiro atoms. The van der Waals surface area contributed by atoms with Gasteiger partial charge in [0.15, 0.2) is 0 Å². The Morgan fingerprint density at radius 3 is 2.77 bits per heavy atom. The van der Waals surface area contributed by atoms with Crippen molar-refractivity contribution in [3.05, 3.63) is 41.7 Å². The van der Waals surface area contributed by atoms with E-state index in [4.69, 9.17) is 9.72 Å². The molecule has 26 heavy (non-hydrogen) atoms. The number of allylic oxidation sites excluding steroid dienone is 1. The molecule has 1 aliphatic heterocycles. The SMILES string of the molecule is CC(C)=CC(=O)NCCc1nc2ccccc2n1CCN1CCOCC1. The predicted octanol–water partition coefficient (Wildman–Crippen LogP) is 1.99. The van der Waals surface area contributed by atoms with Gasteiger partial charge >= 0.3 is 0 Å². The highest BCUT2D eigenvalue weighted by atomic mass is 16.5. The molecule has 1 amide bonds. The number of amides is 1. The van der Waals surface area contributed by atoms with Gasteiger partial charge in [-0.3, -0.25) is 9.69 Å². The Kier molecular flexibility index (Phi) is 6.41. The molecule has 1 aromatic heterocycles. The van der Waals surface area contributed by atoms with Gasteiger partial charge in [0.05, 0.1) is 24.2 Å². The van der Waals surface area contributed by atoms with E-state index in [2.05, 4.69) is 26.9 Å². The maximum Gasteiger partial charge on any atom is 0.243 e. The quantitative estimate of drug-likeness (QED) is 0.771. The van der Waals surface area contributed by atoms with Crippen LogP contribution >= 0.6 is 0 Å². The highest BCUT2D eigenvalue weighted by Crippen LogP contribution is 2.16. The summed E-state index contributed by atoms with van der Waals surface area (Å²) in [5, 5.41) is 2.94. The van der Waals surface area contributed by atoms with E-state index in [0.717, 1.165) is 68.2 Å². The lowest BCUT2D eigenvalue weighted by Crippen LogP contribution is -2.38. The molecule has 2 heterocycles. The smallest absolute Gasteiger partial charge is 0.243 e. The minimum absolute atomic E-state index is 0.0408. The van der Waals surface area contributed by atoms with Gasteiger partial charge in [-0.15, -0.1) is 0 Å². The molecule has 1 aromatic carbocycles. The van der Waals surface area contributed by atoms with Gasteiger partial charge in [-0.25, -0.2) is 4.98 Å². The normalized spacial score (nSPS) is 15.2. The number of carbonyl (C=O) groups excluding carboxylic acids is 1. The van der Waals surface area contributed by atoms with Crippen LogP contribution in [0.15, 0.2) is 35.9 Å². The Hall–Kier alpha value is -2.18. The molecule has 3 rings (SSSR count). The molecule has 0 bridgehead atoms. The number of fused-ring (bicyclic) bond motifs is 1. The van der Waals surface area contributed by atoms with Crippen LogP contribution < -0.4 is 5.32 Å². The standard InChI is InChI=1S/C20H28N4O2/c1-16(2)15-20(25)21-8-7-19-22-17-5-3-4-6-18(17)24(19)10-9-23-11-13-26-14-12-23/h3-6,15H,7-14H2,1-2H3,(H,21,25). The fraction of sp³-hybridized carbons (Fsp3) is 0.500. The Morgan fingerprint density at radius 1 is 1.23 bits per heavy atom.